The lowest BCUT2D eigenvalue weighted by Gasteiger charge is -2.16. The van der Waals surface area contributed by atoms with Crippen LogP contribution in [0.25, 0.3) is 0 Å². The van der Waals surface area contributed by atoms with E-state index in [2.05, 4.69) is 17.0 Å². The molecule has 0 aliphatic heterocycles. The average Bonchev–Trinajstić information content (AvgIpc) is 2.86. The number of ether oxygens (including phenoxy) is 2. The lowest BCUT2D eigenvalue weighted by molar-refractivity contribution is -0.0511. The highest BCUT2D eigenvalue weighted by atomic mass is 19.3. The topological polar surface area (TPSA) is 30.5 Å². The van der Waals surface area contributed by atoms with Gasteiger partial charge in [0.15, 0.2) is 11.5 Å². The zero-order valence-corrected chi connectivity index (χ0v) is 11.9. The molecular formula is C15H21F2NO2. The summed E-state index contributed by atoms with van der Waals surface area (Å²) < 4.78 is 34.2. The van der Waals surface area contributed by atoms with Gasteiger partial charge in [-0.05, 0) is 37.3 Å². The van der Waals surface area contributed by atoms with E-state index in [1.807, 2.05) is 6.07 Å². The molecule has 1 aromatic rings. The van der Waals surface area contributed by atoms with Crippen molar-refractivity contribution in [1.82, 2.24) is 0 Å². The minimum atomic E-state index is -2.85. The van der Waals surface area contributed by atoms with Crippen LogP contribution in [-0.2, 0) is 0 Å². The maximum absolute atomic E-state index is 12.4. The standard InChI is InChI=1S/C15H21F2NO2/c1-3-10-4-5-11(8-10)18-12-6-7-13(19-2)14(9-12)20-15(16)17/h6-7,9-11,15,18H,3-5,8H2,1-2H3. The number of benzene rings is 1. The zero-order valence-electron chi connectivity index (χ0n) is 11.9. The van der Waals surface area contributed by atoms with E-state index in [9.17, 15) is 8.78 Å². The molecule has 0 amide bonds. The third kappa shape index (κ3) is 3.74. The van der Waals surface area contributed by atoms with Crippen molar-refractivity contribution in [3.05, 3.63) is 18.2 Å². The van der Waals surface area contributed by atoms with Crippen LogP contribution in [0, 0.1) is 5.92 Å². The van der Waals surface area contributed by atoms with Crippen LogP contribution < -0.4 is 14.8 Å². The molecule has 1 N–H and O–H groups in total. The second kappa shape index (κ2) is 6.77. The Balaban J connectivity index is 2.05. The Labute approximate surface area is 118 Å². The SMILES string of the molecule is CCC1CCC(Nc2ccc(OC)c(OC(F)F)c2)C1. The number of alkyl halides is 2. The van der Waals surface area contributed by atoms with E-state index in [4.69, 9.17) is 4.74 Å². The molecule has 1 aromatic carbocycles. The normalized spacial score (nSPS) is 22.1. The summed E-state index contributed by atoms with van der Waals surface area (Å²) >= 11 is 0. The summed E-state index contributed by atoms with van der Waals surface area (Å²) in [6.07, 6.45) is 4.67. The molecule has 2 unspecified atom stereocenters. The Hall–Kier alpha value is -1.52. The molecule has 2 rings (SSSR count). The van der Waals surface area contributed by atoms with Crippen LogP contribution in [0.1, 0.15) is 32.6 Å². The van der Waals surface area contributed by atoms with E-state index in [1.54, 1.807) is 12.1 Å². The van der Waals surface area contributed by atoms with E-state index >= 15 is 0 Å². The van der Waals surface area contributed by atoms with Gasteiger partial charge in [-0.2, -0.15) is 8.78 Å². The third-order valence-electron chi connectivity index (χ3n) is 3.87. The first-order valence-corrected chi connectivity index (χ1v) is 7.01. The van der Waals surface area contributed by atoms with Gasteiger partial charge in [0.1, 0.15) is 0 Å². The number of hydrogen-bond donors (Lipinski definition) is 1. The summed E-state index contributed by atoms with van der Waals surface area (Å²) in [4.78, 5) is 0. The molecule has 0 saturated heterocycles. The van der Waals surface area contributed by atoms with Crippen LogP contribution in [0.4, 0.5) is 14.5 Å². The number of methoxy groups -OCH3 is 1. The molecule has 2 atom stereocenters. The molecule has 5 heteroatoms. The molecule has 1 saturated carbocycles. The van der Waals surface area contributed by atoms with Crippen molar-refractivity contribution in [1.29, 1.82) is 0 Å². The molecule has 0 bridgehead atoms. The fourth-order valence-corrected chi connectivity index (χ4v) is 2.77. The van der Waals surface area contributed by atoms with Crippen LogP contribution in [0.3, 0.4) is 0 Å². The van der Waals surface area contributed by atoms with Crippen molar-refractivity contribution in [2.24, 2.45) is 5.92 Å². The number of rotatable bonds is 6. The predicted octanol–water partition coefficient (Wildman–Crippen LogP) is 4.29. The number of anilines is 1. The predicted molar refractivity (Wildman–Crippen MR) is 74.7 cm³/mol. The van der Waals surface area contributed by atoms with E-state index in [0.717, 1.165) is 24.4 Å². The smallest absolute Gasteiger partial charge is 0.387 e. The van der Waals surface area contributed by atoms with Crippen molar-refractivity contribution in [2.75, 3.05) is 12.4 Å². The van der Waals surface area contributed by atoms with Gasteiger partial charge in [0.2, 0.25) is 0 Å². The first-order valence-electron chi connectivity index (χ1n) is 7.01. The van der Waals surface area contributed by atoms with Gasteiger partial charge in [-0.25, -0.2) is 0 Å². The van der Waals surface area contributed by atoms with Crippen molar-refractivity contribution >= 4 is 5.69 Å². The maximum atomic E-state index is 12.4. The molecule has 0 radical (unpaired) electrons. The first kappa shape index (κ1) is 14.9. The van der Waals surface area contributed by atoms with Crippen molar-refractivity contribution in [2.45, 2.75) is 45.3 Å². The van der Waals surface area contributed by atoms with Crippen LogP contribution in [0.2, 0.25) is 0 Å². The van der Waals surface area contributed by atoms with Gasteiger partial charge in [-0.1, -0.05) is 13.3 Å². The zero-order chi connectivity index (χ0) is 14.5. The highest BCUT2D eigenvalue weighted by molar-refractivity contribution is 5.55. The van der Waals surface area contributed by atoms with Gasteiger partial charge in [0.05, 0.1) is 7.11 Å². The summed E-state index contributed by atoms with van der Waals surface area (Å²) in [5, 5.41) is 3.39. The Bertz CT molecular complexity index is 440. The van der Waals surface area contributed by atoms with Crippen LogP contribution in [0.15, 0.2) is 18.2 Å². The van der Waals surface area contributed by atoms with Crippen LogP contribution >= 0.6 is 0 Å². The molecular weight excluding hydrogens is 264 g/mol. The summed E-state index contributed by atoms with van der Waals surface area (Å²) in [6, 6.07) is 5.46. The molecule has 3 nitrogen and oxygen atoms in total. The largest absolute Gasteiger partial charge is 0.493 e. The van der Waals surface area contributed by atoms with Crippen molar-refractivity contribution in [3.8, 4) is 11.5 Å². The molecule has 0 heterocycles. The third-order valence-corrected chi connectivity index (χ3v) is 3.87. The average molecular weight is 285 g/mol. The minimum absolute atomic E-state index is 0.0672. The molecule has 112 valence electrons. The number of hydrogen-bond acceptors (Lipinski definition) is 3. The van der Waals surface area contributed by atoms with Crippen LogP contribution in [0.5, 0.6) is 11.5 Å². The maximum Gasteiger partial charge on any atom is 0.387 e. The highest BCUT2D eigenvalue weighted by Crippen LogP contribution is 2.34. The second-order valence-corrected chi connectivity index (χ2v) is 5.17. The molecule has 0 spiro atoms. The molecule has 0 aromatic heterocycles. The van der Waals surface area contributed by atoms with Gasteiger partial charge in [0.25, 0.3) is 0 Å². The Kier molecular flexibility index (Phi) is 5.04. The summed E-state index contributed by atoms with van der Waals surface area (Å²) in [5.41, 5.74) is 0.795. The molecule has 20 heavy (non-hydrogen) atoms. The highest BCUT2D eigenvalue weighted by Gasteiger charge is 2.23. The lowest BCUT2D eigenvalue weighted by Crippen LogP contribution is -2.15. The summed E-state index contributed by atoms with van der Waals surface area (Å²) in [5.74, 6) is 1.15. The summed E-state index contributed by atoms with van der Waals surface area (Å²) in [6.45, 7) is -0.648. The van der Waals surface area contributed by atoms with E-state index in [1.165, 1.54) is 20.0 Å². The van der Waals surface area contributed by atoms with E-state index in [0.29, 0.717) is 11.8 Å². The Morgan fingerprint density at radius 1 is 1.30 bits per heavy atom. The van der Waals surface area contributed by atoms with Gasteiger partial charge in [-0.3, -0.25) is 0 Å². The number of nitrogens with one attached hydrogen (secondary N) is 1. The quantitative estimate of drug-likeness (QED) is 0.846. The fraction of sp³-hybridized carbons (Fsp3) is 0.600. The molecule has 1 aliphatic carbocycles. The Morgan fingerprint density at radius 2 is 2.10 bits per heavy atom. The van der Waals surface area contributed by atoms with Crippen molar-refractivity contribution in [3.63, 3.8) is 0 Å². The van der Waals surface area contributed by atoms with Crippen LogP contribution in [-0.4, -0.2) is 19.8 Å². The first-order chi connectivity index (χ1) is 9.62. The summed E-state index contributed by atoms with van der Waals surface area (Å²) in [7, 11) is 1.43. The fourth-order valence-electron chi connectivity index (χ4n) is 2.77. The van der Waals surface area contributed by atoms with Crippen molar-refractivity contribution < 1.29 is 18.3 Å². The van der Waals surface area contributed by atoms with Gasteiger partial charge >= 0.3 is 6.61 Å². The van der Waals surface area contributed by atoms with Gasteiger partial charge < -0.3 is 14.8 Å². The molecule has 1 aliphatic rings. The number of halogens is 2. The van der Waals surface area contributed by atoms with E-state index in [-0.39, 0.29) is 5.75 Å². The second-order valence-electron chi connectivity index (χ2n) is 5.17. The lowest BCUT2D eigenvalue weighted by atomic mass is 10.1. The van der Waals surface area contributed by atoms with E-state index < -0.39 is 6.61 Å². The minimum Gasteiger partial charge on any atom is -0.493 e. The van der Waals surface area contributed by atoms with Gasteiger partial charge in [-0.15, -0.1) is 0 Å². The Morgan fingerprint density at radius 3 is 2.70 bits per heavy atom. The van der Waals surface area contributed by atoms with Gasteiger partial charge in [0, 0.05) is 17.8 Å². The monoisotopic (exact) mass is 285 g/mol. The molecule has 1 fully saturated rings.